The number of allylic oxidation sites excluding steroid dienone is 2. The molecule has 39 heavy (non-hydrogen) atoms. The summed E-state index contributed by atoms with van der Waals surface area (Å²) in [7, 11) is 1.57. The summed E-state index contributed by atoms with van der Waals surface area (Å²) >= 11 is 0. The van der Waals surface area contributed by atoms with Crippen LogP contribution in [0.2, 0.25) is 0 Å². The average Bonchev–Trinajstić information content (AvgIpc) is 2.89. The standard InChI is InChI=1S/C28H24F5N3O3/c1-17(29)10-18(11-21(30)16-39-23-5-3-4-20(13-23)28(31,32)33)15-34-26-14-25-24-7-6-22(38-2)12-19(24)8-9-36(25)27(37)35-26/h3-7,10-14H,1,8-9,15-16H2,2H3,(H,34,35,37)/b18-10+,21-11+. The van der Waals surface area contributed by atoms with Crippen LogP contribution in [0, 0.1) is 0 Å². The number of alkyl halides is 3. The monoisotopic (exact) mass is 545 g/mol. The fourth-order valence-electron chi connectivity index (χ4n) is 4.12. The molecular formula is C28H24F5N3O3. The number of anilines is 1. The molecule has 1 aromatic heterocycles. The summed E-state index contributed by atoms with van der Waals surface area (Å²) in [4.78, 5) is 16.7. The van der Waals surface area contributed by atoms with Crippen molar-refractivity contribution in [1.29, 1.82) is 0 Å². The summed E-state index contributed by atoms with van der Waals surface area (Å²) in [6, 6.07) is 11.2. The third-order valence-electron chi connectivity index (χ3n) is 5.90. The molecule has 0 unspecified atom stereocenters. The predicted molar refractivity (Wildman–Crippen MR) is 137 cm³/mol. The quantitative estimate of drug-likeness (QED) is 0.255. The summed E-state index contributed by atoms with van der Waals surface area (Å²) in [5.41, 5.74) is 1.17. The van der Waals surface area contributed by atoms with Crippen molar-refractivity contribution < 1.29 is 31.4 Å². The van der Waals surface area contributed by atoms with Gasteiger partial charge in [0.15, 0.2) is 0 Å². The van der Waals surface area contributed by atoms with E-state index in [1.54, 1.807) is 23.8 Å². The van der Waals surface area contributed by atoms with Crippen LogP contribution < -0.4 is 20.5 Å². The van der Waals surface area contributed by atoms with Gasteiger partial charge in [0.2, 0.25) is 0 Å². The lowest BCUT2D eigenvalue weighted by Crippen LogP contribution is -2.29. The first-order valence-electron chi connectivity index (χ1n) is 11.8. The van der Waals surface area contributed by atoms with Crippen LogP contribution in [0.25, 0.3) is 11.3 Å². The minimum Gasteiger partial charge on any atom is -0.497 e. The number of nitrogens with one attached hydrogen (secondary N) is 1. The molecule has 3 aromatic rings. The van der Waals surface area contributed by atoms with E-state index in [1.165, 1.54) is 6.07 Å². The van der Waals surface area contributed by atoms with Crippen molar-refractivity contribution in [2.75, 3.05) is 25.6 Å². The van der Waals surface area contributed by atoms with Crippen LogP contribution in [-0.2, 0) is 19.1 Å². The van der Waals surface area contributed by atoms with Crippen molar-refractivity contribution in [3.05, 3.63) is 106 Å². The average molecular weight is 546 g/mol. The maximum Gasteiger partial charge on any atom is 0.416 e. The van der Waals surface area contributed by atoms with Gasteiger partial charge in [-0.3, -0.25) is 4.57 Å². The largest absolute Gasteiger partial charge is 0.497 e. The molecule has 2 aromatic carbocycles. The van der Waals surface area contributed by atoms with E-state index < -0.39 is 35.7 Å². The molecule has 6 nitrogen and oxygen atoms in total. The van der Waals surface area contributed by atoms with E-state index in [9.17, 15) is 26.7 Å². The molecule has 0 fully saturated rings. The molecule has 0 saturated heterocycles. The Kier molecular flexibility index (Phi) is 8.18. The summed E-state index contributed by atoms with van der Waals surface area (Å²) in [6.07, 6.45) is -1.99. The van der Waals surface area contributed by atoms with Gasteiger partial charge in [0.25, 0.3) is 0 Å². The molecule has 11 heteroatoms. The minimum atomic E-state index is -4.57. The number of nitrogens with zero attached hydrogens (tertiary/aromatic N) is 2. The summed E-state index contributed by atoms with van der Waals surface area (Å²) in [6.45, 7) is 2.78. The highest BCUT2D eigenvalue weighted by molar-refractivity contribution is 5.69. The molecular weight excluding hydrogens is 521 g/mol. The number of methoxy groups -OCH3 is 1. The Hall–Kier alpha value is -4.41. The second kappa shape index (κ2) is 11.5. The van der Waals surface area contributed by atoms with Crippen molar-refractivity contribution in [3.8, 4) is 22.8 Å². The molecule has 0 bridgehead atoms. The highest BCUT2D eigenvalue weighted by Crippen LogP contribution is 2.33. The number of hydrogen-bond donors (Lipinski definition) is 1. The SMILES string of the molecule is C=C(F)/C=C(\C=C(\F)COc1cccc(C(F)(F)F)c1)CNc1cc2n(c(=O)n1)CCc1cc(OC)ccc1-2. The van der Waals surface area contributed by atoms with E-state index >= 15 is 0 Å². The fourth-order valence-corrected chi connectivity index (χ4v) is 4.12. The Balaban J connectivity index is 1.49. The van der Waals surface area contributed by atoms with Gasteiger partial charge >= 0.3 is 11.9 Å². The molecule has 4 rings (SSSR count). The molecule has 1 aliphatic rings. The third kappa shape index (κ3) is 6.92. The van der Waals surface area contributed by atoms with Gasteiger partial charge in [0.1, 0.15) is 35.6 Å². The van der Waals surface area contributed by atoms with Crippen LogP contribution in [0.3, 0.4) is 0 Å². The number of benzene rings is 2. The predicted octanol–water partition coefficient (Wildman–Crippen LogP) is 6.25. The summed E-state index contributed by atoms with van der Waals surface area (Å²) < 4.78 is 78.7. The van der Waals surface area contributed by atoms with Crippen molar-refractivity contribution in [2.45, 2.75) is 19.1 Å². The van der Waals surface area contributed by atoms with Gasteiger partial charge in [-0.15, -0.1) is 0 Å². The third-order valence-corrected chi connectivity index (χ3v) is 5.90. The fraction of sp³-hybridized carbons (Fsp3) is 0.214. The second-order valence-corrected chi connectivity index (χ2v) is 8.66. The van der Waals surface area contributed by atoms with Crippen molar-refractivity contribution in [1.82, 2.24) is 9.55 Å². The van der Waals surface area contributed by atoms with Gasteiger partial charge in [0.05, 0.1) is 18.4 Å². The van der Waals surface area contributed by atoms with Gasteiger partial charge in [0, 0.05) is 24.7 Å². The molecule has 1 N–H and O–H groups in total. The van der Waals surface area contributed by atoms with Crippen molar-refractivity contribution in [2.24, 2.45) is 0 Å². The number of halogens is 5. The number of aryl methyl sites for hydroxylation is 1. The summed E-state index contributed by atoms with van der Waals surface area (Å²) in [5.74, 6) is -1.01. The first-order chi connectivity index (χ1) is 18.5. The minimum absolute atomic E-state index is 0.0948. The maximum absolute atomic E-state index is 14.6. The van der Waals surface area contributed by atoms with E-state index in [2.05, 4.69) is 16.9 Å². The van der Waals surface area contributed by atoms with Crippen LogP contribution in [0.1, 0.15) is 11.1 Å². The molecule has 0 aliphatic carbocycles. The Morgan fingerprint density at radius 1 is 1.13 bits per heavy atom. The number of rotatable bonds is 9. The zero-order valence-electron chi connectivity index (χ0n) is 20.8. The molecule has 0 radical (unpaired) electrons. The van der Waals surface area contributed by atoms with Crippen LogP contribution in [-0.4, -0.2) is 29.8 Å². The lowest BCUT2D eigenvalue weighted by Gasteiger charge is -2.22. The van der Waals surface area contributed by atoms with Gasteiger partial charge in [-0.25, -0.2) is 13.6 Å². The zero-order valence-corrected chi connectivity index (χ0v) is 20.8. The maximum atomic E-state index is 14.6. The molecule has 1 aliphatic heterocycles. The highest BCUT2D eigenvalue weighted by Gasteiger charge is 2.30. The lowest BCUT2D eigenvalue weighted by atomic mass is 9.97. The number of hydrogen-bond acceptors (Lipinski definition) is 5. The van der Waals surface area contributed by atoms with Gasteiger partial charge in [-0.2, -0.15) is 18.2 Å². The first-order valence-corrected chi connectivity index (χ1v) is 11.8. The second-order valence-electron chi connectivity index (χ2n) is 8.66. The molecule has 204 valence electrons. The first kappa shape index (κ1) is 27.6. The van der Waals surface area contributed by atoms with Gasteiger partial charge in [-0.05, 0) is 66.1 Å². The van der Waals surface area contributed by atoms with Crippen LogP contribution >= 0.6 is 0 Å². The molecule has 0 amide bonds. The van der Waals surface area contributed by atoms with Gasteiger partial charge < -0.3 is 14.8 Å². The van der Waals surface area contributed by atoms with E-state index in [0.29, 0.717) is 24.4 Å². The Morgan fingerprint density at radius 3 is 2.64 bits per heavy atom. The molecule has 0 atom stereocenters. The topological polar surface area (TPSA) is 65.4 Å². The Morgan fingerprint density at radius 2 is 1.92 bits per heavy atom. The van der Waals surface area contributed by atoms with Crippen LogP contribution in [0.15, 0.2) is 89.3 Å². The number of fused-ring (bicyclic) bond motifs is 3. The Bertz CT molecular complexity index is 1510. The Labute approximate surface area is 220 Å². The normalized spacial score (nSPS) is 13.4. The molecule has 0 spiro atoms. The number of ether oxygens (including phenoxy) is 2. The number of aromatic nitrogens is 2. The molecule has 2 heterocycles. The van der Waals surface area contributed by atoms with Crippen molar-refractivity contribution >= 4 is 5.82 Å². The smallest absolute Gasteiger partial charge is 0.416 e. The van der Waals surface area contributed by atoms with Gasteiger partial charge in [-0.1, -0.05) is 12.6 Å². The zero-order chi connectivity index (χ0) is 28.2. The highest BCUT2D eigenvalue weighted by atomic mass is 19.4. The van der Waals surface area contributed by atoms with E-state index in [1.807, 2.05) is 12.1 Å². The van der Waals surface area contributed by atoms with E-state index in [4.69, 9.17) is 9.47 Å². The van der Waals surface area contributed by atoms with Crippen LogP contribution in [0.4, 0.5) is 27.8 Å². The van der Waals surface area contributed by atoms with Crippen LogP contribution in [0.5, 0.6) is 11.5 Å². The van der Waals surface area contributed by atoms with Crippen molar-refractivity contribution in [3.63, 3.8) is 0 Å². The van der Waals surface area contributed by atoms with E-state index in [-0.39, 0.29) is 23.7 Å². The molecule has 0 saturated carbocycles. The summed E-state index contributed by atoms with van der Waals surface area (Å²) in [5, 5.41) is 2.90. The van der Waals surface area contributed by atoms with E-state index in [0.717, 1.165) is 41.5 Å². The lowest BCUT2D eigenvalue weighted by molar-refractivity contribution is -0.137.